The molecule has 206 valence electrons. The number of rotatable bonds is 10. The fourth-order valence-electron chi connectivity index (χ4n) is 4.69. The summed E-state index contributed by atoms with van der Waals surface area (Å²) in [5.74, 6) is 0.253. The van der Waals surface area contributed by atoms with Gasteiger partial charge in [0.05, 0.1) is 13.2 Å². The number of phenols is 1. The summed E-state index contributed by atoms with van der Waals surface area (Å²) in [4.78, 5) is 30.9. The molecular weight excluding hydrogens is 466 g/mol. The first kappa shape index (κ1) is 30.4. The van der Waals surface area contributed by atoms with E-state index in [0.717, 1.165) is 30.4 Å². The molecule has 0 saturated heterocycles. The van der Waals surface area contributed by atoms with E-state index in [1.54, 1.807) is 36.9 Å². The number of nitrogens with zero attached hydrogens (tertiary/aromatic N) is 3. The van der Waals surface area contributed by atoms with Gasteiger partial charge in [-0.25, -0.2) is 4.79 Å². The van der Waals surface area contributed by atoms with Crippen LogP contribution in [0.3, 0.4) is 0 Å². The second-order valence-electron chi connectivity index (χ2n) is 11.9. The van der Waals surface area contributed by atoms with Crippen molar-refractivity contribution in [1.29, 1.82) is 0 Å². The van der Waals surface area contributed by atoms with Crippen LogP contribution in [0.15, 0.2) is 23.3 Å². The van der Waals surface area contributed by atoms with E-state index < -0.39 is 5.97 Å². The molecule has 0 radical (unpaired) electrons. The summed E-state index contributed by atoms with van der Waals surface area (Å²) in [6.45, 7) is 19.2. The van der Waals surface area contributed by atoms with E-state index in [4.69, 9.17) is 4.74 Å². The van der Waals surface area contributed by atoms with Gasteiger partial charge in [-0.3, -0.25) is 9.79 Å². The molecule has 37 heavy (non-hydrogen) atoms. The number of Topliss-reactive ketones (excluding diaryl/α,β-unsaturated/α-hetero) is 1. The van der Waals surface area contributed by atoms with Crippen molar-refractivity contribution < 1.29 is 19.4 Å². The van der Waals surface area contributed by atoms with Crippen molar-refractivity contribution in [1.82, 2.24) is 9.13 Å². The van der Waals surface area contributed by atoms with Gasteiger partial charge in [0, 0.05) is 36.5 Å². The molecule has 1 heterocycles. The number of carbonyl (C=O) groups excluding carboxylic acids is 2. The summed E-state index contributed by atoms with van der Waals surface area (Å²) in [5, 5.41) is 11.0. The first-order valence-corrected chi connectivity index (χ1v) is 13.5. The molecule has 0 aliphatic carbocycles. The smallest absolute Gasteiger partial charge is 0.356 e. The Labute approximate surface area is 222 Å². The molecular formula is C30H47N3O4. The summed E-state index contributed by atoms with van der Waals surface area (Å²) in [5.41, 5.74) is 2.29. The molecule has 0 aliphatic heterocycles. The van der Waals surface area contributed by atoms with Crippen molar-refractivity contribution in [2.45, 2.75) is 105 Å². The van der Waals surface area contributed by atoms with Gasteiger partial charge in [0.2, 0.25) is 5.62 Å². The van der Waals surface area contributed by atoms with Crippen LogP contribution in [0.25, 0.3) is 0 Å². The lowest BCUT2D eigenvalue weighted by atomic mass is 9.78. The quantitative estimate of drug-likeness (QED) is 0.312. The first-order valence-electron chi connectivity index (χ1n) is 13.5. The van der Waals surface area contributed by atoms with Crippen LogP contribution in [-0.4, -0.2) is 39.6 Å². The average molecular weight is 514 g/mol. The van der Waals surface area contributed by atoms with E-state index in [2.05, 4.69) is 18.8 Å². The number of aromatic nitrogens is 2. The van der Waals surface area contributed by atoms with Crippen LogP contribution < -0.4 is 5.62 Å². The molecule has 0 aliphatic rings. The Kier molecular flexibility index (Phi) is 9.97. The Morgan fingerprint density at radius 2 is 1.54 bits per heavy atom. The standard InChI is InChI=1S/C30H47N3O4/c1-11-20(12-2)14-15-33-24(27(36)37-13-3)18-32(28(33)31-10)19-25(34)21-16-22(29(4,5)6)26(35)23(17-21)30(7,8)9/h16-18,20,35H,11-15,19H2,1-10H3/b31-28-. The predicted molar refractivity (Wildman–Crippen MR) is 148 cm³/mol. The average Bonchev–Trinajstić information content (AvgIpc) is 3.15. The number of imidazole rings is 1. The number of esters is 1. The number of carbonyl (C=O) groups is 2. The second-order valence-corrected chi connectivity index (χ2v) is 11.9. The minimum absolute atomic E-state index is 0.0228. The molecule has 0 atom stereocenters. The van der Waals surface area contributed by atoms with Gasteiger partial charge in [-0.05, 0) is 42.2 Å². The lowest BCUT2D eigenvalue weighted by Gasteiger charge is -2.28. The van der Waals surface area contributed by atoms with Gasteiger partial charge in [-0.2, -0.15) is 0 Å². The van der Waals surface area contributed by atoms with E-state index in [1.165, 1.54) is 0 Å². The third-order valence-electron chi connectivity index (χ3n) is 7.03. The number of aromatic hydroxyl groups is 1. The Balaban J connectivity index is 2.59. The number of hydrogen-bond acceptors (Lipinski definition) is 5. The number of hydrogen-bond donors (Lipinski definition) is 1. The molecule has 0 spiro atoms. The van der Waals surface area contributed by atoms with Crippen molar-refractivity contribution >= 4 is 11.8 Å². The second kappa shape index (κ2) is 12.1. The molecule has 2 aromatic rings. The molecule has 7 nitrogen and oxygen atoms in total. The van der Waals surface area contributed by atoms with E-state index in [9.17, 15) is 14.7 Å². The molecule has 0 fully saturated rings. The van der Waals surface area contributed by atoms with Crippen LogP contribution in [0.4, 0.5) is 0 Å². The highest BCUT2D eigenvalue weighted by molar-refractivity contribution is 5.97. The van der Waals surface area contributed by atoms with Crippen LogP contribution in [0.5, 0.6) is 5.75 Å². The summed E-state index contributed by atoms with van der Waals surface area (Å²) in [7, 11) is 1.68. The van der Waals surface area contributed by atoms with Crippen molar-refractivity contribution in [2.75, 3.05) is 13.7 Å². The molecule has 1 N–H and O–H groups in total. The Morgan fingerprint density at radius 3 is 1.97 bits per heavy atom. The highest BCUT2D eigenvalue weighted by Crippen LogP contribution is 2.39. The highest BCUT2D eigenvalue weighted by atomic mass is 16.5. The summed E-state index contributed by atoms with van der Waals surface area (Å²) >= 11 is 0. The molecule has 2 rings (SSSR count). The van der Waals surface area contributed by atoms with Crippen molar-refractivity contribution in [3.63, 3.8) is 0 Å². The monoisotopic (exact) mass is 513 g/mol. The van der Waals surface area contributed by atoms with E-state index in [-0.39, 0.29) is 35.5 Å². The number of benzene rings is 1. The zero-order valence-electron chi connectivity index (χ0n) is 24.6. The maximum Gasteiger partial charge on any atom is 0.356 e. The number of ketones is 1. The lowest BCUT2D eigenvalue weighted by Crippen LogP contribution is -2.30. The molecule has 7 heteroatoms. The Hall–Kier alpha value is -2.83. The summed E-state index contributed by atoms with van der Waals surface area (Å²) in [6, 6.07) is 3.60. The minimum Gasteiger partial charge on any atom is -0.507 e. The van der Waals surface area contributed by atoms with Gasteiger partial charge in [-0.15, -0.1) is 0 Å². The fraction of sp³-hybridized carbons (Fsp3) is 0.633. The number of ether oxygens (including phenoxy) is 1. The largest absolute Gasteiger partial charge is 0.507 e. The minimum atomic E-state index is -0.419. The van der Waals surface area contributed by atoms with Gasteiger partial charge in [0.1, 0.15) is 11.4 Å². The van der Waals surface area contributed by atoms with Crippen molar-refractivity contribution in [2.24, 2.45) is 10.9 Å². The van der Waals surface area contributed by atoms with E-state index in [0.29, 0.717) is 29.3 Å². The van der Waals surface area contributed by atoms with Gasteiger partial charge in [0.25, 0.3) is 0 Å². The van der Waals surface area contributed by atoms with Crippen molar-refractivity contribution in [3.8, 4) is 5.75 Å². The van der Waals surface area contributed by atoms with Crippen LogP contribution in [0, 0.1) is 5.92 Å². The highest BCUT2D eigenvalue weighted by Gasteiger charge is 2.28. The van der Waals surface area contributed by atoms with Crippen LogP contribution in [0.2, 0.25) is 0 Å². The van der Waals surface area contributed by atoms with Gasteiger partial charge in [0.15, 0.2) is 5.78 Å². The predicted octanol–water partition coefficient (Wildman–Crippen LogP) is 6.01. The Morgan fingerprint density at radius 1 is 1.00 bits per heavy atom. The molecule has 0 unspecified atom stereocenters. The molecule has 1 aromatic heterocycles. The molecule has 0 bridgehead atoms. The van der Waals surface area contributed by atoms with Crippen LogP contribution >= 0.6 is 0 Å². The normalized spacial score (nSPS) is 12.9. The van der Waals surface area contributed by atoms with Crippen molar-refractivity contribution in [3.05, 3.63) is 46.3 Å². The molecule has 1 aromatic carbocycles. The topological polar surface area (TPSA) is 85.8 Å². The summed E-state index contributed by atoms with van der Waals surface area (Å²) < 4.78 is 8.94. The molecule has 0 amide bonds. The van der Waals surface area contributed by atoms with Crippen LogP contribution in [0.1, 0.15) is 114 Å². The Bertz CT molecular complexity index is 1130. The maximum atomic E-state index is 13.7. The number of phenolic OH excluding ortho intramolecular Hbond substituents is 1. The third kappa shape index (κ3) is 7.14. The third-order valence-corrected chi connectivity index (χ3v) is 7.03. The zero-order chi connectivity index (χ0) is 28.1. The molecule has 0 saturated carbocycles. The van der Waals surface area contributed by atoms with Gasteiger partial charge >= 0.3 is 5.97 Å². The fourth-order valence-corrected chi connectivity index (χ4v) is 4.69. The first-order chi connectivity index (χ1) is 17.2. The van der Waals surface area contributed by atoms with Gasteiger partial charge in [-0.1, -0.05) is 68.2 Å². The van der Waals surface area contributed by atoms with Gasteiger partial charge < -0.3 is 19.0 Å². The lowest BCUT2D eigenvalue weighted by molar-refractivity contribution is 0.0512. The zero-order valence-corrected chi connectivity index (χ0v) is 24.6. The van der Waals surface area contributed by atoms with E-state index in [1.807, 2.05) is 46.1 Å². The van der Waals surface area contributed by atoms with Crippen LogP contribution in [-0.2, 0) is 28.7 Å². The van der Waals surface area contributed by atoms with E-state index >= 15 is 0 Å². The maximum absolute atomic E-state index is 13.7. The SMILES string of the molecule is CCOC(=O)c1cn(CC(=O)c2cc(C(C)(C)C)c(O)c(C(C)(C)C)c2)/c(=N/C)n1CCC(CC)CC. The summed E-state index contributed by atoms with van der Waals surface area (Å²) in [6.07, 6.45) is 4.72.